The van der Waals surface area contributed by atoms with Gasteiger partial charge in [-0.1, -0.05) is 30.3 Å². The van der Waals surface area contributed by atoms with Gasteiger partial charge in [0.1, 0.15) is 5.88 Å². The van der Waals surface area contributed by atoms with Crippen molar-refractivity contribution < 1.29 is 4.79 Å². The van der Waals surface area contributed by atoms with Crippen LogP contribution in [-0.2, 0) is 11.3 Å². The molecule has 1 saturated carbocycles. The molecule has 1 fully saturated rings. The second-order valence-corrected chi connectivity index (χ2v) is 4.99. The number of alkyl halides is 1. The molecule has 3 heteroatoms. The summed E-state index contributed by atoms with van der Waals surface area (Å²) in [5, 5.41) is 0. The Hall–Kier alpha value is -1.02. The van der Waals surface area contributed by atoms with Gasteiger partial charge in [-0.25, -0.2) is 0 Å². The number of rotatable bonds is 5. The highest BCUT2D eigenvalue weighted by atomic mass is 35.5. The summed E-state index contributed by atoms with van der Waals surface area (Å²) in [6.07, 6.45) is 2.48. The first-order valence-electron chi connectivity index (χ1n) is 6.11. The standard InChI is InChI=1S/C14H18ClNO/c1-11(13-7-8-13)16(14(17)9-15)10-12-5-3-2-4-6-12/h2-6,11,13H,7-10H2,1H3/t11-/m0/s1. The number of halogens is 1. The van der Waals surface area contributed by atoms with Gasteiger partial charge in [-0.05, 0) is 31.2 Å². The third-order valence-electron chi connectivity index (χ3n) is 3.43. The highest BCUT2D eigenvalue weighted by molar-refractivity contribution is 6.27. The van der Waals surface area contributed by atoms with Gasteiger partial charge >= 0.3 is 0 Å². The molecule has 0 heterocycles. The molecular weight excluding hydrogens is 234 g/mol. The molecule has 2 nitrogen and oxygen atoms in total. The van der Waals surface area contributed by atoms with Crippen LogP contribution in [0, 0.1) is 5.92 Å². The summed E-state index contributed by atoms with van der Waals surface area (Å²) in [6.45, 7) is 2.80. The van der Waals surface area contributed by atoms with Gasteiger partial charge in [-0.15, -0.1) is 11.6 Å². The molecule has 0 aliphatic heterocycles. The smallest absolute Gasteiger partial charge is 0.238 e. The van der Waals surface area contributed by atoms with Crippen LogP contribution < -0.4 is 0 Å². The van der Waals surface area contributed by atoms with Gasteiger partial charge in [0.15, 0.2) is 0 Å². The number of amides is 1. The van der Waals surface area contributed by atoms with Gasteiger partial charge in [0.05, 0.1) is 0 Å². The topological polar surface area (TPSA) is 20.3 Å². The number of hydrogen-bond donors (Lipinski definition) is 0. The van der Waals surface area contributed by atoms with E-state index in [0.29, 0.717) is 18.5 Å². The molecule has 1 aromatic carbocycles. The van der Waals surface area contributed by atoms with Crippen LogP contribution in [0.25, 0.3) is 0 Å². The Kier molecular flexibility index (Phi) is 4.06. The molecule has 0 unspecified atom stereocenters. The summed E-state index contributed by atoms with van der Waals surface area (Å²) in [5.74, 6) is 0.782. The molecule has 1 aliphatic carbocycles. The molecule has 92 valence electrons. The fourth-order valence-electron chi connectivity index (χ4n) is 2.15. The highest BCUT2D eigenvalue weighted by Crippen LogP contribution is 2.35. The summed E-state index contributed by atoms with van der Waals surface area (Å²) < 4.78 is 0. The fraction of sp³-hybridized carbons (Fsp3) is 0.500. The number of hydrogen-bond acceptors (Lipinski definition) is 1. The maximum absolute atomic E-state index is 11.9. The Morgan fingerprint density at radius 2 is 2.06 bits per heavy atom. The second kappa shape index (κ2) is 5.54. The number of benzene rings is 1. The molecule has 1 amide bonds. The van der Waals surface area contributed by atoms with Crippen LogP contribution >= 0.6 is 11.6 Å². The SMILES string of the molecule is C[C@@H](C1CC1)N(Cc1ccccc1)C(=O)CCl. The molecule has 17 heavy (non-hydrogen) atoms. The zero-order valence-corrected chi connectivity index (χ0v) is 10.9. The third kappa shape index (κ3) is 3.22. The molecule has 0 bridgehead atoms. The number of nitrogens with zero attached hydrogens (tertiary/aromatic N) is 1. The Balaban J connectivity index is 2.07. The minimum Gasteiger partial charge on any atom is -0.334 e. The summed E-state index contributed by atoms with van der Waals surface area (Å²) in [7, 11) is 0. The van der Waals surface area contributed by atoms with E-state index in [1.165, 1.54) is 18.4 Å². The minimum absolute atomic E-state index is 0.0370. The zero-order valence-electron chi connectivity index (χ0n) is 10.1. The van der Waals surface area contributed by atoms with E-state index < -0.39 is 0 Å². The van der Waals surface area contributed by atoms with E-state index in [-0.39, 0.29) is 11.8 Å². The lowest BCUT2D eigenvalue weighted by Gasteiger charge is -2.29. The van der Waals surface area contributed by atoms with Gasteiger partial charge in [0.25, 0.3) is 0 Å². The average Bonchev–Trinajstić information content (AvgIpc) is 3.20. The molecule has 1 atom stereocenters. The lowest BCUT2D eigenvalue weighted by atomic mass is 10.1. The summed E-state index contributed by atoms with van der Waals surface area (Å²) in [6, 6.07) is 10.4. The van der Waals surface area contributed by atoms with Crippen molar-refractivity contribution in [3.8, 4) is 0 Å². The highest BCUT2D eigenvalue weighted by Gasteiger charge is 2.33. The van der Waals surface area contributed by atoms with Crippen molar-refractivity contribution in [2.45, 2.75) is 32.4 Å². The van der Waals surface area contributed by atoms with E-state index in [1.807, 2.05) is 35.2 Å². The normalized spacial score (nSPS) is 16.6. The predicted molar refractivity (Wildman–Crippen MR) is 69.9 cm³/mol. The quantitative estimate of drug-likeness (QED) is 0.737. The molecule has 2 rings (SSSR count). The van der Waals surface area contributed by atoms with Crippen molar-refractivity contribution in [3.63, 3.8) is 0 Å². The van der Waals surface area contributed by atoms with Gasteiger partial charge in [0.2, 0.25) is 5.91 Å². The lowest BCUT2D eigenvalue weighted by Crippen LogP contribution is -2.40. The number of carbonyl (C=O) groups excluding carboxylic acids is 1. The van der Waals surface area contributed by atoms with E-state index >= 15 is 0 Å². The maximum Gasteiger partial charge on any atom is 0.238 e. The van der Waals surface area contributed by atoms with E-state index in [4.69, 9.17) is 11.6 Å². The molecule has 1 aromatic rings. The Bertz CT molecular complexity index is 375. The van der Waals surface area contributed by atoms with Gasteiger partial charge in [-0.3, -0.25) is 4.79 Å². The molecule has 0 saturated heterocycles. The largest absolute Gasteiger partial charge is 0.334 e. The van der Waals surface area contributed by atoms with Crippen molar-refractivity contribution in [3.05, 3.63) is 35.9 Å². The lowest BCUT2D eigenvalue weighted by molar-refractivity contribution is -0.131. The van der Waals surface area contributed by atoms with Crippen molar-refractivity contribution >= 4 is 17.5 Å². The van der Waals surface area contributed by atoms with Crippen LogP contribution in [0.3, 0.4) is 0 Å². The monoisotopic (exact) mass is 251 g/mol. The van der Waals surface area contributed by atoms with E-state index in [2.05, 4.69) is 6.92 Å². The van der Waals surface area contributed by atoms with E-state index in [0.717, 1.165) is 0 Å². The predicted octanol–water partition coefficient (Wildman–Crippen LogP) is 3.05. The van der Waals surface area contributed by atoms with Crippen molar-refractivity contribution in [1.29, 1.82) is 0 Å². The molecule has 1 aliphatic rings. The molecule has 0 N–H and O–H groups in total. The Morgan fingerprint density at radius 3 is 2.59 bits per heavy atom. The first-order chi connectivity index (χ1) is 8.22. The first kappa shape index (κ1) is 12.4. The molecule has 0 aromatic heterocycles. The summed E-state index contributed by atoms with van der Waals surface area (Å²) >= 11 is 5.69. The fourth-order valence-corrected chi connectivity index (χ4v) is 2.30. The maximum atomic E-state index is 11.9. The van der Waals surface area contributed by atoms with E-state index in [9.17, 15) is 4.79 Å². The molecule has 0 spiro atoms. The second-order valence-electron chi connectivity index (χ2n) is 4.72. The van der Waals surface area contributed by atoms with Gasteiger partial charge in [0, 0.05) is 12.6 Å². The third-order valence-corrected chi connectivity index (χ3v) is 3.65. The van der Waals surface area contributed by atoms with Gasteiger partial charge in [-0.2, -0.15) is 0 Å². The molecular formula is C14H18ClNO. The average molecular weight is 252 g/mol. The van der Waals surface area contributed by atoms with E-state index in [1.54, 1.807) is 0 Å². The van der Waals surface area contributed by atoms with Crippen LogP contribution in [0.4, 0.5) is 0 Å². The first-order valence-corrected chi connectivity index (χ1v) is 6.65. The van der Waals surface area contributed by atoms with Crippen LogP contribution in [-0.4, -0.2) is 22.7 Å². The van der Waals surface area contributed by atoms with Crippen LogP contribution in [0.1, 0.15) is 25.3 Å². The molecule has 0 radical (unpaired) electrons. The summed E-state index contributed by atoms with van der Waals surface area (Å²) in [4.78, 5) is 13.8. The number of carbonyl (C=O) groups is 1. The van der Waals surface area contributed by atoms with Crippen molar-refractivity contribution in [1.82, 2.24) is 4.90 Å². The van der Waals surface area contributed by atoms with Crippen LogP contribution in [0.5, 0.6) is 0 Å². The van der Waals surface area contributed by atoms with Crippen molar-refractivity contribution in [2.24, 2.45) is 5.92 Å². The minimum atomic E-state index is 0.0370. The van der Waals surface area contributed by atoms with Crippen LogP contribution in [0.15, 0.2) is 30.3 Å². The summed E-state index contributed by atoms with van der Waals surface area (Å²) in [5.41, 5.74) is 1.17. The van der Waals surface area contributed by atoms with Crippen LogP contribution in [0.2, 0.25) is 0 Å². The van der Waals surface area contributed by atoms with Gasteiger partial charge < -0.3 is 4.90 Å². The Labute approximate surface area is 108 Å². The Morgan fingerprint density at radius 1 is 1.41 bits per heavy atom. The van der Waals surface area contributed by atoms with Crippen molar-refractivity contribution in [2.75, 3.05) is 5.88 Å². The zero-order chi connectivity index (χ0) is 12.3.